The Labute approximate surface area is 124 Å². The highest BCUT2D eigenvalue weighted by Gasteiger charge is 2.28. The summed E-state index contributed by atoms with van der Waals surface area (Å²) in [7, 11) is 0. The van der Waals surface area contributed by atoms with E-state index < -0.39 is 12.0 Å². The number of rotatable bonds is 5. The number of aliphatic carboxylic acids is 1. The molecule has 1 aromatic carbocycles. The van der Waals surface area contributed by atoms with Crippen LogP contribution in [0.25, 0.3) is 0 Å². The van der Waals surface area contributed by atoms with Crippen LogP contribution in [-0.4, -0.2) is 29.1 Å². The lowest BCUT2D eigenvalue weighted by atomic mass is 9.95. The van der Waals surface area contributed by atoms with Crippen molar-refractivity contribution in [2.75, 3.05) is 0 Å². The Hall–Kier alpha value is -1.88. The van der Waals surface area contributed by atoms with E-state index in [2.05, 4.69) is 10.6 Å². The molecule has 1 heterocycles. The van der Waals surface area contributed by atoms with E-state index in [1.54, 1.807) is 0 Å². The molecule has 3 N–H and O–H groups in total. The molecule has 1 amide bonds. The second kappa shape index (κ2) is 6.72. The molecule has 2 atom stereocenters. The summed E-state index contributed by atoms with van der Waals surface area (Å²) in [6.45, 7) is 4.52. The second-order valence-corrected chi connectivity index (χ2v) is 5.94. The Kier molecular flexibility index (Phi) is 4.96. The van der Waals surface area contributed by atoms with Gasteiger partial charge in [-0.1, -0.05) is 38.1 Å². The Balaban J connectivity index is 1.99. The van der Waals surface area contributed by atoms with Gasteiger partial charge in [-0.05, 0) is 29.9 Å². The minimum Gasteiger partial charge on any atom is -0.480 e. The number of nitrogens with one attached hydrogen (secondary N) is 2. The number of benzene rings is 1. The molecular weight excluding hydrogens is 268 g/mol. The first-order valence-corrected chi connectivity index (χ1v) is 7.30. The van der Waals surface area contributed by atoms with E-state index in [0.717, 1.165) is 5.56 Å². The van der Waals surface area contributed by atoms with Crippen molar-refractivity contribution in [2.45, 2.75) is 45.3 Å². The van der Waals surface area contributed by atoms with Gasteiger partial charge in [0.25, 0.3) is 0 Å². The van der Waals surface area contributed by atoms with Crippen molar-refractivity contribution in [2.24, 2.45) is 5.92 Å². The maximum Gasteiger partial charge on any atom is 0.326 e. The first-order valence-electron chi connectivity index (χ1n) is 7.30. The second-order valence-electron chi connectivity index (χ2n) is 5.94. The third-order valence-electron chi connectivity index (χ3n) is 3.72. The third kappa shape index (κ3) is 4.04. The van der Waals surface area contributed by atoms with E-state index in [9.17, 15) is 14.7 Å². The number of fused-ring (bicyclic) bond motifs is 1. The molecule has 0 bridgehead atoms. The van der Waals surface area contributed by atoms with Crippen molar-refractivity contribution in [1.29, 1.82) is 0 Å². The van der Waals surface area contributed by atoms with Crippen LogP contribution in [0.3, 0.4) is 0 Å². The van der Waals surface area contributed by atoms with E-state index in [4.69, 9.17) is 0 Å². The molecule has 0 aliphatic carbocycles. The topological polar surface area (TPSA) is 78.4 Å². The predicted octanol–water partition coefficient (Wildman–Crippen LogP) is 1.32. The molecule has 0 saturated carbocycles. The Morgan fingerprint density at radius 1 is 1.33 bits per heavy atom. The minimum atomic E-state index is -0.978. The molecule has 0 unspecified atom stereocenters. The van der Waals surface area contributed by atoms with Gasteiger partial charge in [-0.15, -0.1) is 0 Å². The highest BCUT2D eigenvalue weighted by molar-refractivity contribution is 5.87. The van der Waals surface area contributed by atoms with Gasteiger partial charge in [0, 0.05) is 6.54 Å². The van der Waals surface area contributed by atoms with Gasteiger partial charge in [0.1, 0.15) is 6.04 Å². The first-order chi connectivity index (χ1) is 9.97. The zero-order valence-corrected chi connectivity index (χ0v) is 12.4. The lowest BCUT2D eigenvalue weighted by Crippen LogP contribution is -2.52. The van der Waals surface area contributed by atoms with Crippen molar-refractivity contribution in [3.63, 3.8) is 0 Å². The lowest BCUT2D eigenvalue weighted by molar-refractivity contribution is -0.142. The van der Waals surface area contributed by atoms with Crippen LogP contribution in [0.2, 0.25) is 0 Å². The quantitative estimate of drug-likeness (QED) is 0.764. The van der Waals surface area contributed by atoms with Gasteiger partial charge in [0.05, 0.1) is 6.04 Å². The number of carbonyl (C=O) groups is 2. The lowest BCUT2D eigenvalue weighted by Gasteiger charge is -2.27. The normalized spacial score (nSPS) is 18.9. The number of hydrogen-bond acceptors (Lipinski definition) is 3. The monoisotopic (exact) mass is 290 g/mol. The molecule has 21 heavy (non-hydrogen) atoms. The van der Waals surface area contributed by atoms with Crippen LogP contribution in [0.4, 0.5) is 0 Å². The number of carbonyl (C=O) groups excluding carboxylic acids is 1. The molecule has 2 rings (SSSR count). The minimum absolute atomic E-state index is 0.214. The summed E-state index contributed by atoms with van der Waals surface area (Å²) in [6.07, 6.45) is 1.03. The fourth-order valence-electron chi connectivity index (χ4n) is 2.60. The number of carboxylic acids is 1. The molecule has 0 aromatic heterocycles. The third-order valence-corrected chi connectivity index (χ3v) is 3.72. The Morgan fingerprint density at radius 3 is 2.62 bits per heavy atom. The molecule has 1 aromatic rings. The molecule has 0 spiro atoms. The van der Waals surface area contributed by atoms with Crippen LogP contribution < -0.4 is 10.6 Å². The van der Waals surface area contributed by atoms with Crippen LogP contribution in [0.5, 0.6) is 0 Å². The van der Waals surface area contributed by atoms with Gasteiger partial charge in [-0.25, -0.2) is 4.79 Å². The molecule has 5 heteroatoms. The van der Waals surface area contributed by atoms with Gasteiger partial charge in [0.2, 0.25) is 5.91 Å². The number of amides is 1. The summed E-state index contributed by atoms with van der Waals surface area (Å²) in [5.74, 6) is -1.00. The SMILES string of the molecule is CC(C)C[C@H](NC(=O)[C@H]1Cc2ccccc2CN1)C(=O)O. The van der Waals surface area contributed by atoms with Crippen molar-refractivity contribution < 1.29 is 14.7 Å². The summed E-state index contributed by atoms with van der Waals surface area (Å²) in [6, 6.07) is 6.79. The summed E-state index contributed by atoms with van der Waals surface area (Å²) < 4.78 is 0. The van der Waals surface area contributed by atoms with Gasteiger partial charge < -0.3 is 15.7 Å². The van der Waals surface area contributed by atoms with Gasteiger partial charge in [0.15, 0.2) is 0 Å². The van der Waals surface area contributed by atoms with E-state index >= 15 is 0 Å². The Bertz CT molecular complexity index is 528. The average Bonchev–Trinajstić information content (AvgIpc) is 2.45. The van der Waals surface area contributed by atoms with Crippen molar-refractivity contribution in [3.05, 3.63) is 35.4 Å². The molecule has 0 saturated heterocycles. The van der Waals surface area contributed by atoms with E-state index in [1.807, 2.05) is 38.1 Å². The van der Waals surface area contributed by atoms with Crippen LogP contribution in [0.1, 0.15) is 31.4 Å². The van der Waals surface area contributed by atoms with E-state index in [-0.39, 0.29) is 17.9 Å². The molecule has 0 radical (unpaired) electrons. The van der Waals surface area contributed by atoms with E-state index in [0.29, 0.717) is 19.4 Å². The molecule has 114 valence electrons. The zero-order chi connectivity index (χ0) is 15.4. The first kappa shape index (κ1) is 15.5. The Morgan fingerprint density at radius 2 is 2.00 bits per heavy atom. The van der Waals surface area contributed by atoms with Gasteiger partial charge in [-0.2, -0.15) is 0 Å². The highest BCUT2D eigenvalue weighted by atomic mass is 16.4. The maximum absolute atomic E-state index is 12.3. The average molecular weight is 290 g/mol. The van der Waals surface area contributed by atoms with Crippen LogP contribution in [-0.2, 0) is 22.6 Å². The molecule has 0 fully saturated rings. The molecule has 1 aliphatic heterocycles. The summed E-state index contributed by atoms with van der Waals surface area (Å²) in [5.41, 5.74) is 2.34. The molecule has 1 aliphatic rings. The van der Waals surface area contributed by atoms with Crippen molar-refractivity contribution in [3.8, 4) is 0 Å². The fourth-order valence-corrected chi connectivity index (χ4v) is 2.60. The van der Waals surface area contributed by atoms with Crippen LogP contribution in [0, 0.1) is 5.92 Å². The number of carboxylic acid groups (broad SMARTS) is 1. The van der Waals surface area contributed by atoms with Crippen molar-refractivity contribution >= 4 is 11.9 Å². The van der Waals surface area contributed by atoms with Crippen LogP contribution in [0.15, 0.2) is 24.3 Å². The summed E-state index contributed by atoms with van der Waals surface area (Å²) in [4.78, 5) is 23.5. The van der Waals surface area contributed by atoms with Gasteiger partial charge in [-0.3, -0.25) is 4.79 Å². The highest BCUT2D eigenvalue weighted by Crippen LogP contribution is 2.16. The zero-order valence-electron chi connectivity index (χ0n) is 12.4. The van der Waals surface area contributed by atoms with Crippen molar-refractivity contribution in [1.82, 2.24) is 10.6 Å². The summed E-state index contributed by atoms with van der Waals surface area (Å²) >= 11 is 0. The summed E-state index contributed by atoms with van der Waals surface area (Å²) in [5, 5.41) is 15.0. The standard InChI is InChI=1S/C16H22N2O3/c1-10(2)7-14(16(20)21)18-15(19)13-8-11-5-3-4-6-12(11)9-17-13/h3-6,10,13-14,17H,7-9H2,1-2H3,(H,18,19)(H,20,21)/t13-,14+/m1/s1. The maximum atomic E-state index is 12.3. The largest absolute Gasteiger partial charge is 0.480 e. The predicted molar refractivity (Wildman–Crippen MR) is 79.8 cm³/mol. The molecular formula is C16H22N2O3. The van der Waals surface area contributed by atoms with E-state index in [1.165, 1.54) is 5.56 Å². The number of hydrogen-bond donors (Lipinski definition) is 3. The van der Waals surface area contributed by atoms with Crippen LogP contribution >= 0.6 is 0 Å². The smallest absolute Gasteiger partial charge is 0.326 e. The van der Waals surface area contributed by atoms with Gasteiger partial charge >= 0.3 is 5.97 Å². The fraction of sp³-hybridized carbons (Fsp3) is 0.500. The molecule has 5 nitrogen and oxygen atoms in total.